The van der Waals surface area contributed by atoms with Gasteiger partial charge in [0.25, 0.3) is 23.6 Å². The van der Waals surface area contributed by atoms with Crippen LogP contribution in [0.3, 0.4) is 0 Å². The third-order valence-electron chi connectivity index (χ3n) is 16.3. The number of carbonyl (C=O) groups excluding carboxylic acids is 4. The Hall–Kier alpha value is -13.6. The minimum atomic E-state index is -3.68. The van der Waals surface area contributed by atoms with E-state index in [4.69, 9.17) is 48.2 Å². The minimum Gasteiger partial charge on any atom is -0.454 e. The highest BCUT2D eigenvalue weighted by molar-refractivity contribution is 6.34. The first kappa shape index (κ1) is 65.2. The Labute approximate surface area is 624 Å². The van der Waals surface area contributed by atoms with Gasteiger partial charge in [-0.05, 0) is 189 Å². The summed E-state index contributed by atoms with van der Waals surface area (Å²) < 4.78 is 166. The van der Waals surface area contributed by atoms with Crippen LogP contribution in [0.5, 0.6) is 46.0 Å². The minimum absolute atomic E-state index is 0.0103. The summed E-state index contributed by atoms with van der Waals surface area (Å²) in [5.41, 5.74) is 8.75. The fourth-order valence-corrected chi connectivity index (χ4v) is 11.1. The Morgan fingerprint density at radius 3 is 1.17 bits per heavy atom. The molecule has 0 saturated heterocycles. The van der Waals surface area contributed by atoms with Crippen molar-refractivity contribution in [3.05, 3.63) is 273 Å². The second-order valence-corrected chi connectivity index (χ2v) is 24.2. The van der Waals surface area contributed by atoms with Crippen molar-refractivity contribution in [3.8, 4) is 90.8 Å². The Morgan fingerprint density at radius 2 is 0.750 bits per heavy atom. The molecule has 4 aliphatic heterocycles. The molecule has 108 heavy (non-hydrogen) atoms. The van der Waals surface area contributed by atoms with Gasteiger partial charge in [0.1, 0.15) is 54.3 Å². The molecule has 0 spiro atoms. The zero-order valence-corrected chi connectivity index (χ0v) is 57.5. The van der Waals surface area contributed by atoms with Gasteiger partial charge in [-0.3, -0.25) is 29.1 Å². The van der Waals surface area contributed by atoms with Gasteiger partial charge in [0.15, 0.2) is 57.6 Å². The summed E-state index contributed by atoms with van der Waals surface area (Å²) in [4.78, 5) is 74.0. The van der Waals surface area contributed by atoms with Crippen LogP contribution < -0.4 is 59.2 Å². The Morgan fingerprint density at radius 1 is 0.389 bits per heavy atom. The van der Waals surface area contributed by atoms with Crippen LogP contribution in [0.15, 0.2) is 195 Å². The molecule has 0 saturated carbocycles. The number of hydrogen-bond acceptors (Lipinski definition) is 18. The lowest BCUT2D eigenvalue weighted by atomic mass is 10.0. The lowest BCUT2D eigenvalue weighted by Gasteiger charge is -2.09. The number of aromatic nitrogens is 6. The molecule has 8 heterocycles. The number of hydrogen-bond donors (Lipinski definition) is 4. The first-order valence-corrected chi connectivity index (χ1v) is 32.5. The number of nitrogens with one attached hydrogen (secondary N) is 4. The first-order valence-electron chi connectivity index (χ1n) is 35.1. The van der Waals surface area contributed by atoms with Crippen LogP contribution in [0.2, 0.25) is 5.02 Å². The summed E-state index contributed by atoms with van der Waals surface area (Å²) in [5.74, 6) is -3.98. The molecule has 4 aromatic heterocycles. The number of pyridine rings is 2. The third-order valence-corrected chi connectivity index (χ3v) is 16.6. The number of alkyl halides is 2. The molecule has 0 fully saturated rings. The second-order valence-electron chi connectivity index (χ2n) is 23.8. The van der Waals surface area contributed by atoms with E-state index in [0.29, 0.717) is 72.9 Å². The molecule has 0 radical (unpaired) electrons. The number of ether oxygens (including phenoxy) is 8. The second kappa shape index (κ2) is 31.4. The van der Waals surface area contributed by atoms with Crippen LogP contribution in [-0.4, -0.2) is 80.1 Å². The van der Waals surface area contributed by atoms with Crippen molar-refractivity contribution in [3.63, 3.8) is 0 Å². The number of amides is 4. The third kappa shape index (κ3) is 16.6. The standard InChI is InChI=1S/C20H15ClN2O3.C20H15F2N3O3.C20H14F2N2O3.C19H13F2N3O3/c1-12-8-17-18(26-11-25-17)9-15(12)13-6-7-19(22-10-13)23-20(24)14-4-2-3-5-16(14)21;1-11-3-5-13(6-4-11)19(26)25-18-10-23-15(9-24-18)14-8-17-16(7-12(14)2)27-20(21,22)28-17;1-11-7-16-17(27-10-26-16)8-13(11)12-5-6-18(23-9-12)24-20(25)19-14(21)3-2-4-15(19)22;1-10-5-15-16(27-9-26-15)6-11(10)14-7-23-17(8-22-14)24-19(25)18-12(20)3-2-4-13(18)21/h2-10H,11H2,1H3,(H,22,23,24);3-10H,1-2H3,(H,24,25,26);2-9H,10H2,1H3,(H,23,24,25);2-8H,9H2,1H3,(H,23,24,25)/i11D2;;10D2;9D2. The number of fused-ring (bicyclic) bond motifs is 4. The summed E-state index contributed by atoms with van der Waals surface area (Å²) in [6, 6.07) is 39.7. The van der Waals surface area contributed by atoms with Crippen LogP contribution in [-0.2, 0) is 0 Å². The Bertz CT molecular complexity index is 5560. The molecule has 12 aromatic rings. The van der Waals surface area contributed by atoms with Gasteiger partial charge in [-0.1, -0.05) is 53.6 Å². The van der Waals surface area contributed by atoms with Gasteiger partial charge in [-0.15, -0.1) is 8.78 Å². The lowest BCUT2D eigenvalue weighted by molar-refractivity contribution is -0.286. The van der Waals surface area contributed by atoms with Gasteiger partial charge in [0.05, 0.1) is 46.8 Å². The van der Waals surface area contributed by atoms with Crippen LogP contribution in [0, 0.1) is 57.9 Å². The van der Waals surface area contributed by atoms with E-state index < -0.39 is 72.7 Å². The van der Waals surface area contributed by atoms with Gasteiger partial charge in [-0.2, -0.15) is 0 Å². The molecular formula is C79H57ClF6N10O12. The van der Waals surface area contributed by atoms with Crippen LogP contribution >= 0.6 is 11.6 Å². The molecule has 544 valence electrons. The maximum absolute atomic E-state index is 13.7. The predicted molar refractivity (Wildman–Crippen MR) is 385 cm³/mol. The number of aryl methyl sites for hydroxylation is 5. The average Bonchev–Trinajstić information content (AvgIpc) is 1.63. The topological polar surface area (TPSA) is 268 Å². The summed E-state index contributed by atoms with van der Waals surface area (Å²) in [7, 11) is 0. The van der Waals surface area contributed by atoms with Crippen molar-refractivity contribution in [2.24, 2.45) is 0 Å². The van der Waals surface area contributed by atoms with Crippen molar-refractivity contribution >= 4 is 58.5 Å². The van der Waals surface area contributed by atoms with Crippen molar-refractivity contribution in [1.29, 1.82) is 0 Å². The van der Waals surface area contributed by atoms with Gasteiger partial charge >= 0.3 is 6.29 Å². The number of halogens is 7. The van der Waals surface area contributed by atoms with Crippen LogP contribution in [0.25, 0.3) is 44.8 Å². The summed E-state index contributed by atoms with van der Waals surface area (Å²) >= 11 is 6.04. The lowest BCUT2D eigenvalue weighted by Crippen LogP contribution is -2.25. The zero-order valence-electron chi connectivity index (χ0n) is 62.7. The van der Waals surface area contributed by atoms with E-state index in [1.165, 1.54) is 55.2 Å². The Balaban J connectivity index is 0.000000133. The smallest absolute Gasteiger partial charge is 0.454 e. The molecule has 0 bridgehead atoms. The van der Waals surface area contributed by atoms with Gasteiger partial charge in [0, 0.05) is 40.2 Å². The summed E-state index contributed by atoms with van der Waals surface area (Å²) in [5, 5.41) is 10.4. The van der Waals surface area contributed by atoms with E-state index in [1.807, 2.05) is 39.0 Å². The molecule has 0 atom stereocenters. The molecule has 4 aliphatic rings. The molecule has 4 N–H and O–H groups in total. The monoisotopic (exact) mass is 1490 g/mol. The number of anilines is 4. The van der Waals surface area contributed by atoms with Crippen LogP contribution in [0.1, 0.15) is 77.5 Å². The number of benzene rings is 8. The van der Waals surface area contributed by atoms with E-state index in [1.54, 1.807) is 105 Å². The summed E-state index contributed by atoms with van der Waals surface area (Å²) in [6.45, 7) is 2.54. The fraction of sp³-hybridized carbons (Fsp3) is 0.114. The van der Waals surface area contributed by atoms with Crippen LogP contribution in [0.4, 0.5) is 49.6 Å². The molecule has 22 nitrogen and oxygen atoms in total. The highest BCUT2D eigenvalue weighted by Gasteiger charge is 2.44. The molecular weight excluding hydrogens is 1430 g/mol. The molecule has 4 amide bonds. The molecule has 16 rings (SSSR count). The van der Waals surface area contributed by atoms with Gasteiger partial charge in [0.2, 0.25) is 20.2 Å². The van der Waals surface area contributed by atoms with Crippen molar-refractivity contribution in [2.75, 3.05) is 41.5 Å². The molecule has 0 aliphatic carbocycles. The van der Waals surface area contributed by atoms with E-state index in [0.717, 1.165) is 69.3 Å². The van der Waals surface area contributed by atoms with E-state index >= 15 is 0 Å². The molecule has 0 unspecified atom stereocenters. The van der Waals surface area contributed by atoms with Gasteiger partial charge in [-0.25, -0.2) is 37.5 Å². The SMILES string of the molecule is Cc1ccc(C(=O)Nc2cnc(-c3cc4c(cc3C)OC(F)(F)O4)cn2)cc1.[2H]C1([2H])Oc2cc(C)c(-c3ccc(NC(=O)c4c(F)cccc4F)nc3)cc2O1.[2H]C1([2H])Oc2cc(C)c(-c3ccc(NC(=O)c4ccccc4Cl)nc3)cc2O1.[2H]C1([2H])Oc2cc(C)c(-c3cnc(NC(=O)c4c(F)cccc4F)cn3)cc2O1. The van der Waals surface area contributed by atoms with Crippen molar-refractivity contribution < 1.29 is 91.6 Å². The highest BCUT2D eigenvalue weighted by Crippen LogP contribution is 2.45. The van der Waals surface area contributed by atoms with E-state index in [9.17, 15) is 45.5 Å². The Kier molecular flexibility index (Phi) is 18.9. The zero-order chi connectivity index (χ0) is 81.3. The predicted octanol–water partition coefficient (Wildman–Crippen LogP) is 17.1. The number of carbonyl (C=O) groups is 4. The van der Waals surface area contributed by atoms with Crippen molar-refractivity contribution in [1.82, 2.24) is 29.9 Å². The largest absolute Gasteiger partial charge is 0.586 e. The maximum atomic E-state index is 13.7. The average molecular weight is 1490 g/mol. The normalized spacial score (nSPS) is 14.8. The van der Waals surface area contributed by atoms with Gasteiger partial charge < -0.3 is 59.2 Å². The quantitative estimate of drug-likeness (QED) is 0.0828. The van der Waals surface area contributed by atoms with Crippen molar-refractivity contribution in [2.45, 2.75) is 40.9 Å². The maximum Gasteiger partial charge on any atom is 0.586 e. The fourth-order valence-electron chi connectivity index (χ4n) is 10.9. The molecule has 29 heteroatoms. The first-order chi connectivity index (χ1) is 54.1. The summed E-state index contributed by atoms with van der Waals surface area (Å²) in [6.07, 6.45) is 4.90. The van der Waals surface area contributed by atoms with E-state index in [2.05, 4.69) is 60.6 Å². The molecule has 8 aromatic carbocycles. The number of nitrogens with zero attached hydrogens (tertiary/aromatic N) is 6. The van der Waals surface area contributed by atoms with E-state index in [-0.39, 0.29) is 58.0 Å². The highest BCUT2D eigenvalue weighted by atomic mass is 35.5. The number of rotatable bonds is 12.